The van der Waals surface area contributed by atoms with Gasteiger partial charge in [-0.2, -0.15) is 0 Å². The molecule has 3 aromatic rings. The first-order valence-electron chi connectivity index (χ1n) is 18.6. The number of carbonyl (C=O) groups is 2. The number of carboxylic acid groups (broad SMARTS) is 1. The molecule has 1 amide bonds. The number of aliphatic hydroxyl groups is 1. The summed E-state index contributed by atoms with van der Waals surface area (Å²) >= 11 is 0. The standard InChI is InChI=1S/C38H53N7O6S.2ClH/c1-26-30(36(38(48)49)43-35(26)33(27(2)46)37(43)47)24-42-31-9-5-8-29-28(10-11-32(34(29)31)52(42,50)51)12-19-45(4)22-20-44(3,21-23-45)18-7-15-41-17-16-40(25-41)14-6-13-39;;/h5,8-11,16-17,25-27,33,35,46H,6-7,12-15,18-24,39H2,1-4H3;2*1H/q+2;;/p-2/t26-,27+,33+,35+,44?,45?;;/m0../s1. The lowest BCUT2D eigenvalue weighted by atomic mass is 9.78. The number of hydrogen-bond acceptors (Lipinski definition) is 7. The molecule has 13 nitrogen and oxygen atoms in total. The van der Waals surface area contributed by atoms with Crippen molar-refractivity contribution in [1.29, 1.82) is 0 Å². The minimum absolute atomic E-state index is 0. The van der Waals surface area contributed by atoms with E-state index in [0.29, 0.717) is 23.2 Å². The van der Waals surface area contributed by atoms with E-state index in [9.17, 15) is 28.2 Å². The fraction of sp³-hybridized carbons (Fsp3) is 0.553. The molecule has 54 heavy (non-hydrogen) atoms. The van der Waals surface area contributed by atoms with Crippen molar-refractivity contribution in [2.75, 3.05) is 70.8 Å². The summed E-state index contributed by atoms with van der Waals surface area (Å²) in [6.07, 6.45) is 8.39. The van der Waals surface area contributed by atoms with Crippen molar-refractivity contribution in [3.8, 4) is 0 Å². The first kappa shape index (κ1) is 41.9. The average Bonchev–Trinajstić information content (AvgIpc) is 3.72. The number of carboxylic acids is 1. The maximum atomic E-state index is 14.1. The number of halogens is 2. The summed E-state index contributed by atoms with van der Waals surface area (Å²) in [6.45, 7) is 12.2. The molecule has 4 atom stereocenters. The lowest BCUT2D eigenvalue weighted by Crippen LogP contribution is -3.00. The number of rotatable bonds is 14. The molecule has 16 heteroatoms. The maximum Gasteiger partial charge on any atom is 0.265 e. The van der Waals surface area contributed by atoms with Crippen LogP contribution in [0.4, 0.5) is 5.69 Å². The van der Waals surface area contributed by atoms with E-state index in [0.717, 1.165) is 91.5 Å². The fourth-order valence-electron chi connectivity index (χ4n) is 9.11. The number of anilines is 1. The van der Waals surface area contributed by atoms with Gasteiger partial charge >= 0.3 is 0 Å². The molecule has 2 aromatic carbocycles. The molecular formula is C38H53Cl2N7O6S. The Morgan fingerprint density at radius 3 is 2.41 bits per heavy atom. The maximum absolute atomic E-state index is 14.1. The minimum Gasteiger partial charge on any atom is -1.00 e. The van der Waals surface area contributed by atoms with E-state index in [2.05, 4.69) is 42.0 Å². The number of aliphatic carboxylic acids is 1. The Morgan fingerprint density at radius 1 is 1.07 bits per heavy atom. The molecule has 0 radical (unpaired) electrons. The molecular weight excluding hydrogens is 753 g/mol. The van der Waals surface area contributed by atoms with Gasteiger partial charge < -0.3 is 59.4 Å². The smallest absolute Gasteiger partial charge is 0.265 e. The second-order valence-corrected chi connectivity index (χ2v) is 17.9. The first-order chi connectivity index (χ1) is 24.7. The summed E-state index contributed by atoms with van der Waals surface area (Å²) in [5, 5.41) is 24.1. The first-order valence-corrected chi connectivity index (χ1v) is 20.1. The number of amides is 1. The zero-order chi connectivity index (χ0) is 37.2. The van der Waals surface area contributed by atoms with Gasteiger partial charge in [-0.25, -0.2) is 17.6 Å². The largest absolute Gasteiger partial charge is 1.00 e. The van der Waals surface area contributed by atoms with Gasteiger partial charge in [0, 0.05) is 24.1 Å². The van der Waals surface area contributed by atoms with Crippen molar-refractivity contribution in [2.45, 2.75) is 63.2 Å². The average molecular weight is 807 g/mol. The summed E-state index contributed by atoms with van der Waals surface area (Å²) < 4.78 is 35.9. The Kier molecular flexibility index (Phi) is 12.2. The molecule has 4 aliphatic heterocycles. The van der Waals surface area contributed by atoms with Crippen molar-refractivity contribution in [1.82, 2.24) is 9.47 Å². The number of hydrogen-bond donors (Lipinski definition) is 2. The number of β-lactam (4-membered cyclic amide) rings is 1. The van der Waals surface area contributed by atoms with Gasteiger partial charge in [-0.3, -0.25) is 9.10 Å². The normalized spacial score (nSPS) is 27.4. The number of benzene rings is 2. The van der Waals surface area contributed by atoms with Gasteiger partial charge in [-0.15, -0.1) is 0 Å². The Balaban J connectivity index is 0.00000280. The number of piperazine rings is 1. The predicted octanol–water partition coefficient (Wildman–Crippen LogP) is -5.80. The molecule has 0 bridgehead atoms. The minimum atomic E-state index is -4.00. The topological polar surface area (TPSA) is 153 Å². The molecule has 5 heterocycles. The third kappa shape index (κ3) is 7.26. The van der Waals surface area contributed by atoms with Crippen LogP contribution in [0, 0.1) is 11.8 Å². The molecule has 7 rings (SSSR count). The zero-order valence-corrected chi connectivity index (χ0v) is 33.9. The molecule has 296 valence electrons. The predicted molar refractivity (Wildman–Crippen MR) is 194 cm³/mol. The van der Waals surface area contributed by atoms with E-state index in [1.54, 1.807) is 19.1 Å². The quantitative estimate of drug-likeness (QED) is 0.0937. The molecule has 0 saturated carbocycles. The third-order valence-corrected chi connectivity index (χ3v) is 14.3. The number of likely N-dealkylation sites (N-methyl/N-ethyl adjacent to an activating group) is 2. The number of imidazole rings is 1. The Labute approximate surface area is 330 Å². The number of aromatic nitrogens is 2. The summed E-state index contributed by atoms with van der Waals surface area (Å²) in [5.74, 6) is -3.21. The molecule has 4 aliphatic rings. The lowest BCUT2D eigenvalue weighted by molar-refractivity contribution is -1.02. The highest BCUT2D eigenvalue weighted by Gasteiger charge is 2.59. The van der Waals surface area contributed by atoms with Gasteiger partial charge in [-0.05, 0) is 48.5 Å². The Hall–Kier alpha value is -3.24. The van der Waals surface area contributed by atoms with E-state index in [-0.39, 0.29) is 42.0 Å². The number of fused-ring (bicyclic) bond motifs is 1. The van der Waals surface area contributed by atoms with Crippen LogP contribution in [0.15, 0.2) is 65.2 Å². The SMILES string of the molecule is C[C@@H](O)[C@H]1C(=O)N2C(C(=O)[O-])=C(CN3c4cccc5c(CC[N+]6(C)CC[N+](C)(CCC[n+]7ccn(CCCN)c7)CC6)ccc(c45)S3(=O)=O)[C@H](C)[C@H]12.[Cl-].[Cl-]. The van der Waals surface area contributed by atoms with Crippen LogP contribution in [0.1, 0.15) is 32.3 Å². The van der Waals surface area contributed by atoms with Gasteiger partial charge in [0.25, 0.3) is 10.0 Å². The van der Waals surface area contributed by atoms with Crippen molar-refractivity contribution in [3.63, 3.8) is 0 Å². The van der Waals surface area contributed by atoms with Gasteiger partial charge in [0.15, 0.2) is 0 Å². The van der Waals surface area contributed by atoms with Crippen LogP contribution in [0.3, 0.4) is 0 Å². The molecule has 3 N–H and O–H groups in total. The lowest BCUT2D eigenvalue weighted by Gasteiger charge is -2.47. The van der Waals surface area contributed by atoms with E-state index in [4.69, 9.17) is 5.73 Å². The number of aryl methyl sites for hydroxylation is 2. The van der Waals surface area contributed by atoms with Crippen molar-refractivity contribution in [3.05, 3.63) is 65.9 Å². The highest BCUT2D eigenvalue weighted by atomic mass is 35.5. The van der Waals surface area contributed by atoms with Gasteiger partial charge in [0.1, 0.15) is 38.6 Å². The van der Waals surface area contributed by atoms with E-state index in [1.807, 2.05) is 18.2 Å². The van der Waals surface area contributed by atoms with Crippen LogP contribution in [-0.2, 0) is 39.1 Å². The highest BCUT2D eigenvalue weighted by Crippen LogP contribution is 2.49. The van der Waals surface area contributed by atoms with Crippen LogP contribution in [-0.4, -0.2) is 122 Å². The molecule has 0 spiro atoms. The van der Waals surface area contributed by atoms with E-state index in [1.165, 1.54) is 16.1 Å². The van der Waals surface area contributed by atoms with Crippen LogP contribution >= 0.6 is 0 Å². The molecule has 0 unspecified atom stereocenters. The number of aliphatic hydroxyl groups excluding tert-OH is 1. The van der Waals surface area contributed by atoms with E-state index < -0.39 is 45.9 Å². The van der Waals surface area contributed by atoms with Crippen molar-refractivity contribution in [2.24, 2.45) is 17.6 Å². The number of quaternary nitrogens is 2. The number of sulfonamides is 1. The van der Waals surface area contributed by atoms with E-state index >= 15 is 0 Å². The summed E-state index contributed by atoms with van der Waals surface area (Å²) in [7, 11) is 0.703. The highest BCUT2D eigenvalue weighted by molar-refractivity contribution is 7.93. The zero-order valence-electron chi connectivity index (χ0n) is 31.5. The van der Waals surface area contributed by atoms with Crippen LogP contribution in [0.25, 0.3) is 10.8 Å². The van der Waals surface area contributed by atoms with Crippen LogP contribution < -0.4 is 44.5 Å². The Morgan fingerprint density at radius 2 is 1.76 bits per heavy atom. The van der Waals surface area contributed by atoms with Gasteiger partial charge in [0.05, 0.1) is 87.1 Å². The van der Waals surface area contributed by atoms with Gasteiger partial charge in [0.2, 0.25) is 12.2 Å². The van der Waals surface area contributed by atoms with Crippen LogP contribution in [0.2, 0.25) is 0 Å². The number of nitrogens with zero attached hydrogens (tertiary/aromatic N) is 6. The second-order valence-electron chi connectivity index (χ2n) is 16.1. The summed E-state index contributed by atoms with van der Waals surface area (Å²) in [4.78, 5) is 26.6. The van der Waals surface area contributed by atoms with Crippen molar-refractivity contribution < 1.29 is 66.6 Å². The van der Waals surface area contributed by atoms with Gasteiger partial charge in [-0.1, -0.05) is 25.1 Å². The summed E-state index contributed by atoms with van der Waals surface area (Å²) in [5.41, 5.74) is 7.30. The Bertz CT molecular complexity index is 2050. The number of carbonyl (C=O) groups excluding carboxylic acids is 2. The monoisotopic (exact) mass is 805 g/mol. The van der Waals surface area contributed by atoms with Crippen LogP contribution in [0.5, 0.6) is 0 Å². The molecule has 1 aromatic heterocycles. The molecule has 0 aliphatic carbocycles. The number of nitrogens with two attached hydrogens (primary N) is 1. The second kappa shape index (κ2) is 15.7. The molecule has 2 saturated heterocycles. The third-order valence-electron chi connectivity index (χ3n) is 12.5. The fourth-order valence-corrected chi connectivity index (χ4v) is 10.8. The summed E-state index contributed by atoms with van der Waals surface area (Å²) in [6, 6.07) is 8.68. The molecule has 2 fully saturated rings. The van der Waals surface area contributed by atoms with Crippen molar-refractivity contribution >= 4 is 38.4 Å².